The Balaban J connectivity index is 0. The van der Waals surface area contributed by atoms with Gasteiger partial charge in [0.1, 0.15) is 6.61 Å². The van der Waals surface area contributed by atoms with Gasteiger partial charge in [0, 0.05) is 0 Å². The zero-order chi connectivity index (χ0) is 13.9. The molecule has 0 saturated carbocycles. The molecule has 0 saturated heterocycles. The minimum atomic E-state index is -4.12. The van der Waals surface area contributed by atoms with E-state index in [1.807, 2.05) is 26.0 Å². The van der Waals surface area contributed by atoms with Gasteiger partial charge >= 0.3 is 13.6 Å². The van der Waals surface area contributed by atoms with Crippen molar-refractivity contribution in [1.29, 1.82) is 0 Å². The van der Waals surface area contributed by atoms with Gasteiger partial charge in [-0.3, -0.25) is 14.7 Å². The van der Waals surface area contributed by atoms with Crippen LogP contribution < -0.4 is 5.32 Å². The molecule has 0 aromatic carbocycles. The monoisotopic (exact) mass is 272 g/mol. The van der Waals surface area contributed by atoms with E-state index in [1.54, 1.807) is 0 Å². The van der Waals surface area contributed by atoms with Crippen molar-refractivity contribution in [3.05, 3.63) is 0 Å². The minimum Gasteiger partial charge on any atom is -0.462 e. The zero-order valence-electron chi connectivity index (χ0n) is 10.3. The molecule has 4 N–H and O–H groups in total. The number of carbonyl (C=O) groups is 1. The molecule has 0 aliphatic rings. The van der Waals surface area contributed by atoms with Crippen molar-refractivity contribution in [2.75, 3.05) is 47.2 Å². The van der Waals surface area contributed by atoms with Gasteiger partial charge in [-0.2, -0.15) is 0 Å². The Labute approximate surface area is 101 Å². The van der Waals surface area contributed by atoms with E-state index in [2.05, 4.69) is 10.1 Å². The van der Waals surface area contributed by atoms with Crippen molar-refractivity contribution in [2.24, 2.45) is 0 Å². The topological polar surface area (TPSA) is 119 Å². The maximum Gasteiger partial charge on any atom is 0.339 e. The lowest BCUT2D eigenvalue weighted by Gasteiger charge is -2.05. The summed E-state index contributed by atoms with van der Waals surface area (Å²) in [6, 6.07) is 0. The third kappa shape index (κ3) is 25.6. The first-order valence-corrected chi connectivity index (χ1v) is 6.61. The Morgan fingerprint density at radius 2 is 1.82 bits per heavy atom. The minimum absolute atomic E-state index is 0.115. The molecule has 0 rings (SSSR count). The highest BCUT2D eigenvalue weighted by atomic mass is 31.2. The number of aliphatic hydroxyl groups is 1. The van der Waals surface area contributed by atoms with Crippen molar-refractivity contribution in [2.45, 2.75) is 0 Å². The quantitative estimate of drug-likeness (QED) is 0.338. The van der Waals surface area contributed by atoms with Gasteiger partial charge in [0.25, 0.3) is 0 Å². The molecule has 104 valence electrons. The lowest BCUT2D eigenvalue weighted by atomic mass is 10.6. The van der Waals surface area contributed by atoms with E-state index >= 15 is 0 Å². The van der Waals surface area contributed by atoms with E-state index in [9.17, 15) is 9.36 Å². The maximum absolute atomic E-state index is 10.6. The lowest BCUT2D eigenvalue weighted by molar-refractivity contribution is -0.143. The molecule has 8 nitrogen and oxygen atoms in total. The van der Waals surface area contributed by atoms with Crippen LogP contribution in [0, 0.1) is 0 Å². The summed E-state index contributed by atoms with van der Waals surface area (Å²) in [6.45, 7) is -0.675. The van der Waals surface area contributed by atoms with Gasteiger partial charge in [-0.1, -0.05) is 0 Å². The molecular weight excluding hydrogens is 251 g/mol. The number of carbonyl (C=O) groups excluding carboxylic acids is 1. The predicted molar refractivity (Wildman–Crippen MR) is 62.6 cm³/mol. The fourth-order valence-electron chi connectivity index (χ4n) is 0.514. The van der Waals surface area contributed by atoms with Crippen molar-refractivity contribution >= 4 is 13.6 Å². The number of rotatable bonds is 6. The smallest absolute Gasteiger partial charge is 0.339 e. The second-order valence-corrected chi connectivity index (χ2v) is 5.18. The molecule has 17 heavy (non-hydrogen) atoms. The Hall–Kier alpha value is -0.500. The van der Waals surface area contributed by atoms with E-state index in [0.717, 1.165) is 0 Å². The molecule has 0 aromatic heterocycles. The summed E-state index contributed by atoms with van der Waals surface area (Å²) in [5, 5.41) is 10.5. The molecule has 0 aliphatic heterocycles. The van der Waals surface area contributed by atoms with Gasteiger partial charge in [-0.15, -0.1) is 0 Å². The molecule has 0 radical (unpaired) electrons. The van der Waals surface area contributed by atoms with Crippen LogP contribution in [0.1, 0.15) is 0 Å². The molecule has 0 fully saturated rings. The SMILES string of the molecule is CN(C)C.O=C(CNCP(=O)(O)O)OCCO. The Kier molecular flexibility index (Phi) is 11.8. The zero-order valence-corrected chi connectivity index (χ0v) is 11.2. The first kappa shape index (κ1) is 18.9. The lowest BCUT2D eigenvalue weighted by Crippen LogP contribution is -2.26. The summed E-state index contributed by atoms with van der Waals surface area (Å²) in [6.07, 6.45) is -0.568. The Bertz CT molecular complexity index is 239. The summed E-state index contributed by atoms with van der Waals surface area (Å²) >= 11 is 0. The molecule has 0 heterocycles. The van der Waals surface area contributed by atoms with Crippen LogP contribution in [-0.4, -0.2) is 72.9 Å². The number of nitrogens with one attached hydrogen (secondary N) is 1. The second kappa shape index (κ2) is 10.6. The Morgan fingerprint density at radius 3 is 2.18 bits per heavy atom. The number of hydrogen-bond acceptors (Lipinski definition) is 6. The predicted octanol–water partition coefficient (Wildman–Crippen LogP) is -1.58. The van der Waals surface area contributed by atoms with Gasteiger partial charge in [0.2, 0.25) is 0 Å². The van der Waals surface area contributed by atoms with E-state index in [-0.39, 0.29) is 19.8 Å². The number of ether oxygens (including phenoxy) is 1. The molecular formula is C8H21N2O6P. The molecule has 0 aliphatic carbocycles. The highest BCUT2D eigenvalue weighted by Crippen LogP contribution is 2.31. The first-order chi connectivity index (χ1) is 7.69. The van der Waals surface area contributed by atoms with E-state index in [4.69, 9.17) is 14.9 Å². The summed E-state index contributed by atoms with van der Waals surface area (Å²) in [5.74, 6) is -0.664. The molecule has 9 heteroatoms. The highest BCUT2D eigenvalue weighted by Gasteiger charge is 2.12. The van der Waals surface area contributed by atoms with Crippen LogP contribution in [-0.2, 0) is 14.1 Å². The number of nitrogens with zero attached hydrogens (tertiary/aromatic N) is 1. The van der Waals surface area contributed by atoms with E-state index in [0.29, 0.717) is 0 Å². The normalized spacial score (nSPS) is 10.8. The molecule has 0 spiro atoms. The fourth-order valence-corrected chi connectivity index (χ4v) is 0.917. The highest BCUT2D eigenvalue weighted by molar-refractivity contribution is 7.51. The molecule has 0 amide bonds. The first-order valence-electron chi connectivity index (χ1n) is 4.81. The van der Waals surface area contributed by atoms with Crippen LogP contribution in [0.25, 0.3) is 0 Å². The van der Waals surface area contributed by atoms with Crippen LogP contribution in [0.3, 0.4) is 0 Å². The van der Waals surface area contributed by atoms with Gasteiger partial charge in [0.05, 0.1) is 19.4 Å². The molecule has 0 atom stereocenters. The van der Waals surface area contributed by atoms with Crippen molar-refractivity contribution in [3.8, 4) is 0 Å². The van der Waals surface area contributed by atoms with Crippen LogP contribution >= 0.6 is 7.60 Å². The largest absolute Gasteiger partial charge is 0.462 e. The molecule has 0 bridgehead atoms. The van der Waals surface area contributed by atoms with Crippen molar-refractivity contribution in [1.82, 2.24) is 10.2 Å². The second-order valence-electron chi connectivity index (χ2n) is 3.54. The van der Waals surface area contributed by atoms with Gasteiger partial charge in [0.15, 0.2) is 0 Å². The average molecular weight is 272 g/mol. The summed E-state index contributed by atoms with van der Waals surface area (Å²) < 4.78 is 14.7. The number of aliphatic hydroxyl groups excluding tert-OH is 1. The standard InChI is InChI=1S/C5H12NO6P.C3H9N/c7-1-2-12-5(8)3-6-4-13(9,10)11;1-4(2)3/h6-7H,1-4H2,(H2,9,10,11);1-3H3. The van der Waals surface area contributed by atoms with Gasteiger partial charge < -0.3 is 24.5 Å². The molecule has 0 aromatic rings. The van der Waals surface area contributed by atoms with Crippen molar-refractivity contribution < 1.29 is 29.0 Å². The van der Waals surface area contributed by atoms with E-state index < -0.39 is 19.9 Å². The maximum atomic E-state index is 10.6. The van der Waals surface area contributed by atoms with Crippen molar-refractivity contribution in [3.63, 3.8) is 0 Å². The fraction of sp³-hybridized carbons (Fsp3) is 0.875. The summed E-state index contributed by atoms with van der Waals surface area (Å²) in [4.78, 5) is 29.4. The van der Waals surface area contributed by atoms with Gasteiger partial charge in [-0.05, 0) is 21.1 Å². The summed E-state index contributed by atoms with van der Waals surface area (Å²) in [7, 11) is 1.88. The number of esters is 1. The third-order valence-electron chi connectivity index (χ3n) is 0.941. The third-order valence-corrected chi connectivity index (χ3v) is 1.58. The number of hydrogen-bond donors (Lipinski definition) is 4. The van der Waals surface area contributed by atoms with Crippen LogP contribution in [0.2, 0.25) is 0 Å². The molecule has 0 unspecified atom stereocenters. The van der Waals surface area contributed by atoms with Gasteiger partial charge in [-0.25, -0.2) is 0 Å². The van der Waals surface area contributed by atoms with Crippen LogP contribution in [0.5, 0.6) is 0 Å². The van der Waals surface area contributed by atoms with Crippen LogP contribution in [0.15, 0.2) is 0 Å². The average Bonchev–Trinajstić information content (AvgIpc) is 2.11. The summed E-state index contributed by atoms with van der Waals surface area (Å²) in [5.41, 5.74) is 0. The Morgan fingerprint density at radius 1 is 1.35 bits per heavy atom. The van der Waals surface area contributed by atoms with Crippen LogP contribution in [0.4, 0.5) is 0 Å². The van der Waals surface area contributed by atoms with E-state index in [1.165, 1.54) is 0 Å².